The van der Waals surface area contributed by atoms with Crippen LogP contribution in [-0.4, -0.2) is 10.9 Å². The summed E-state index contributed by atoms with van der Waals surface area (Å²) in [5.41, 5.74) is 2.94. The number of aryl methyl sites for hydroxylation is 1. The average Bonchev–Trinajstić information content (AvgIpc) is 2.74. The summed E-state index contributed by atoms with van der Waals surface area (Å²) in [6.45, 7) is 2.02. The highest BCUT2D eigenvalue weighted by molar-refractivity contribution is 5.91. The topological polar surface area (TPSA) is 44.9 Å². The van der Waals surface area contributed by atoms with E-state index in [0.29, 0.717) is 6.42 Å². The standard InChI is InChI=1S/C13H14N2O/c1-10-4-6-11(7-5-10)15-13(16)9-12-3-2-8-14-12/h2-8,14H,9H2,1H3,(H,15,16). The van der Waals surface area contributed by atoms with Crippen LogP contribution in [0.2, 0.25) is 0 Å². The van der Waals surface area contributed by atoms with Crippen LogP contribution in [0.4, 0.5) is 5.69 Å². The van der Waals surface area contributed by atoms with Crippen molar-refractivity contribution in [3.8, 4) is 0 Å². The number of nitrogens with one attached hydrogen (secondary N) is 2. The molecule has 3 nitrogen and oxygen atoms in total. The molecule has 0 bridgehead atoms. The van der Waals surface area contributed by atoms with Crippen LogP contribution in [0.5, 0.6) is 0 Å². The molecule has 1 aromatic carbocycles. The first kappa shape index (κ1) is 10.5. The Morgan fingerprint density at radius 1 is 1.25 bits per heavy atom. The Balaban J connectivity index is 1.95. The first-order valence-corrected chi connectivity index (χ1v) is 5.23. The van der Waals surface area contributed by atoms with Crippen LogP contribution in [0.1, 0.15) is 11.3 Å². The van der Waals surface area contributed by atoms with E-state index in [2.05, 4.69) is 10.3 Å². The largest absolute Gasteiger partial charge is 0.365 e. The number of carbonyl (C=O) groups is 1. The van der Waals surface area contributed by atoms with Crippen molar-refractivity contribution in [3.63, 3.8) is 0 Å². The molecule has 0 aliphatic carbocycles. The summed E-state index contributed by atoms with van der Waals surface area (Å²) in [7, 11) is 0. The zero-order valence-electron chi connectivity index (χ0n) is 9.16. The Kier molecular flexibility index (Phi) is 3.05. The van der Waals surface area contributed by atoms with E-state index in [9.17, 15) is 4.79 Å². The molecule has 82 valence electrons. The zero-order valence-corrected chi connectivity index (χ0v) is 9.16. The summed E-state index contributed by atoms with van der Waals surface area (Å²) in [5, 5.41) is 2.85. The van der Waals surface area contributed by atoms with Gasteiger partial charge in [0.2, 0.25) is 5.91 Å². The van der Waals surface area contributed by atoms with Gasteiger partial charge in [-0.2, -0.15) is 0 Å². The highest BCUT2D eigenvalue weighted by Crippen LogP contribution is 2.09. The lowest BCUT2D eigenvalue weighted by atomic mass is 10.2. The van der Waals surface area contributed by atoms with Crippen molar-refractivity contribution in [2.45, 2.75) is 13.3 Å². The van der Waals surface area contributed by atoms with E-state index < -0.39 is 0 Å². The number of H-pyrrole nitrogens is 1. The summed E-state index contributed by atoms with van der Waals surface area (Å²) in [4.78, 5) is 14.6. The van der Waals surface area contributed by atoms with Gasteiger partial charge < -0.3 is 10.3 Å². The Morgan fingerprint density at radius 2 is 2.00 bits per heavy atom. The monoisotopic (exact) mass is 214 g/mol. The van der Waals surface area contributed by atoms with Gasteiger partial charge >= 0.3 is 0 Å². The summed E-state index contributed by atoms with van der Waals surface area (Å²) < 4.78 is 0. The predicted molar refractivity (Wildman–Crippen MR) is 64.3 cm³/mol. The van der Waals surface area contributed by atoms with Gasteiger partial charge in [-0.3, -0.25) is 4.79 Å². The molecule has 0 radical (unpaired) electrons. The SMILES string of the molecule is Cc1ccc(NC(=O)Cc2ccc[nH]2)cc1. The van der Waals surface area contributed by atoms with Crippen molar-refractivity contribution in [3.05, 3.63) is 53.9 Å². The van der Waals surface area contributed by atoms with Gasteiger partial charge in [0.25, 0.3) is 0 Å². The van der Waals surface area contributed by atoms with E-state index in [4.69, 9.17) is 0 Å². The van der Waals surface area contributed by atoms with Crippen molar-refractivity contribution < 1.29 is 4.79 Å². The molecule has 3 heteroatoms. The fourth-order valence-electron chi connectivity index (χ4n) is 1.49. The van der Waals surface area contributed by atoms with E-state index in [1.807, 2.05) is 49.5 Å². The maximum absolute atomic E-state index is 11.6. The first-order valence-electron chi connectivity index (χ1n) is 5.23. The molecule has 0 spiro atoms. The number of aromatic amines is 1. The average molecular weight is 214 g/mol. The Bertz CT molecular complexity index is 457. The molecule has 0 aliphatic heterocycles. The molecule has 16 heavy (non-hydrogen) atoms. The van der Waals surface area contributed by atoms with Gasteiger partial charge in [0.05, 0.1) is 6.42 Å². The molecule has 0 saturated heterocycles. The minimum absolute atomic E-state index is 0.00805. The fraction of sp³-hybridized carbons (Fsp3) is 0.154. The molecule has 2 N–H and O–H groups in total. The minimum Gasteiger partial charge on any atom is -0.365 e. The van der Waals surface area contributed by atoms with Gasteiger partial charge in [0.1, 0.15) is 0 Å². The Hall–Kier alpha value is -2.03. The number of hydrogen-bond acceptors (Lipinski definition) is 1. The van der Waals surface area contributed by atoms with Gasteiger partial charge in [-0.15, -0.1) is 0 Å². The summed E-state index contributed by atoms with van der Waals surface area (Å²) in [6.07, 6.45) is 2.19. The van der Waals surface area contributed by atoms with Gasteiger partial charge in [0.15, 0.2) is 0 Å². The lowest BCUT2D eigenvalue weighted by molar-refractivity contribution is -0.115. The number of rotatable bonds is 3. The molecular formula is C13H14N2O. The molecule has 0 fully saturated rings. The van der Waals surface area contributed by atoms with Crippen LogP contribution in [-0.2, 0) is 11.2 Å². The highest BCUT2D eigenvalue weighted by atomic mass is 16.1. The van der Waals surface area contributed by atoms with Gasteiger partial charge in [0, 0.05) is 17.6 Å². The smallest absolute Gasteiger partial charge is 0.230 e. The lowest BCUT2D eigenvalue weighted by Gasteiger charge is -2.04. The molecule has 0 aliphatic rings. The molecule has 0 unspecified atom stereocenters. The molecular weight excluding hydrogens is 200 g/mol. The molecule has 0 saturated carbocycles. The van der Waals surface area contributed by atoms with E-state index in [0.717, 1.165) is 11.4 Å². The van der Waals surface area contributed by atoms with Crippen LogP contribution < -0.4 is 5.32 Å². The van der Waals surface area contributed by atoms with E-state index in [1.54, 1.807) is 0 Å². The third kappa shape index (κ3) is 2.73. The van der Waals surface area contributed by atoms with Gasteiger partial charge in [-0.05, 0) is 31.2 Å². The minimum atomic E-state index is -0.00805. The highest BCUT2D eigenvalue weighted by Gasteiger charge is 2.03. The van der Waals surface area contributed by atoms with Crippen LogP contribution in [0.25, 0.3) is 0 Å². The Labute approximate surface area is 94.5 Å². The Morgan fingerprint density at radius 3 is 2.62 bits per heavy atom. The molecule has 1 heterocycles. The summed E-state index contributed by atoms with van der Waals surface area (Å²) in [5.74, 6) is -0.00805. The van der Waals surface area contributed by atoms with Crippen LogP contribution >= 0.6 is 0 Å². The van der Waals surface area contributed by atoms with E-state index in [-0.39, 0.29) is 5.91 Å². The van der Waals surface area contributed by atoms with Crippen molar-refractivity contribution >= 4 is 11.6 Å². The second kappa shape index (κ2) is 4.66. The molecule has 1 aromatic heterocycles. The van der Waals surface area contributed by atoms with Crippen molar-refractivity contribution in [2.75, 3.05) is 5.32 Å². The number of benzene rings is 1. The van der Waals surface area contributed by atoms with Crippen molar-refractivity contribution in [1.82, 2.24) is 4.98 Å². The third-order valence-corrected chi connectivity index (χ3v) is 2.35. The predicted octanol–water partition coefficient (Wildman–Crippen LogP) is 2.50. The number of anilines is 1. The molecule has 0 atom stereocenters. The first-order chi connectivity index (χ1) is 7.74. The number of aromatic nitrogens is 1. The summed E-state index contributed by atoms with van der Waals surface area (Å²) >= 11 is 0. The number of carbonyl (C=O) groups excluding carboxylic acids is 1. The normalized spacial score (nSPS) is 10.1. The molecule has 1 amide bonds. The van der Waals surface area contributed by atoms with Gasteiger partial charge in [-0.25, -0.2) is 0 Å². The quantitative estimate of drug-likeness (QED) is 0.810. The van der Waals surface area contributed by atoms with Crippen LogP contribution in [0.15, 0.2) is 42.6 Å². The van der Waals surface area contributed by atoms with E-state index in [1.165, 1.54) is 5.56 Å². The number of hydrogen-bond donors (Lipinski definition) is 2. The number of amides is 1. The van der Waals surface area contributed by atoms with Crippen LogP contribution in [0, 0.1) is 6.92 Å². The van der Waals surface area contributed by atoms with E-state index >= 15 is 0 Å². The zero-order chi connectivity index (χ0) is 11.4. The molecule has 2 rings (SSSR count). The van der Waals surface area contributed by atoms with Crippen molar-refractivity contribution in [2.24, 2.45) is 0 Å². The van der Waals surface area contributed by atoms with Crippen LogP contribution in [0.3, 0.4) is 0 Å². The maximum atomic E-state index is 11.6. The van der Waals surface area contributed by atoms with Crippen molar-refractivity contribution in [1.29, 1.82) is 0 Å². The third-order valence-electron chi connectivity index (χ3n) is 2.35. The maximum Gasteiger partial charge on any atom is 0.230 e. The fourth-order valence-corrected chi connectivity index (χ4v) is 1.49. The second-order valence-corrected chi connectivity index (χ2v) is 3.79. The molecule has 2 aromatic rings. The van der Waals surface area contributed by atoms with Gasteiger partial charge in [-0.1, -0.05) is 17.7 Å². The summed E-state index contributed by atoms with van der Waals surface area (Å²) in [6, 6.07) is 11.5. The second-order valence-electron chi connectivity index (χ2n) is 3.79. The lowest BCUT2D eigenvalue weighted by Crippen LogP contribution is -2.14.